The molecular formula is C21H30N4O. The average molecular weight is 354 g/mol. The summed E-state index contributed by atoms with van der Waals surface area (Å²) in [5.74, 6) is 0. The maximum atomic E-state index is 12.4. The zero-order valence-electron chi connectivity index (χ0n) is 16.7. The van der Waals surface area contributed by atoms with Crippen LogP contribution >= 0.6 is 0 Å². The van der Waals surface area contributed by atoms with Crippen molar-refractivity contribution < 1.29 is 4.79 Å². The highest BCUT2D eigenvalue weighted by atomic mass is 16.2. The first-order chi connectivity index (χ1) is 12.0. The second-order valence-corrected chi connectivity index (χ2v) is 9.24. The molecule has 0 aliphatic heterocycles. The summed E-state index contributed by atoms with van der Waals surface area (Å²) in [5, 5.41) is 10.8. The van der Waals surface area contributed by atoms with Crippen LogP contribution in [0.15, 0.2) is 30.5 Å². The Kier molecular flexibility index (Phi) is 4.59. The number of fused-ring (bicyclic) bond motifs is 1. The number of hydrogen-bond donors (Lipinski definition) is 2. The van der Waals surface area contributed by atoms with Gasteiger partial charge in [-0.15, -0.1) is 0 Å². The lowest BCUT2D eigenvalue weighted by atomic mass is 9.74. The van der Waals surface area contributed by atoms with Crippen molar-refractivity contribution in [3.05, 3.63) is 47.3 Å². The molecule has 0 fully saturated rings. The van der Waals surface area contributed by atoms with E-state index >= 15 is 0 Å². The van der Waals surface area contributed by atoms with Gasteiger partial charge < -0.3 is 10.6 Å². The molecule has 1 aromatic carbocycles. The first kappa shape index (κ1) is 18.5. The molecule has 2 aromatic rings. The third-order valence-electron chi connectivity index (χ3n) is 4.75. The van der Waals surface area contributed by atoms with Gasteiger partial charge in [0, 0.05) is 11.1 Å². The van der Waals surface area contributed by atoms with Gasteiger partial charge in [0.05, 0.1) is 23.6 Å². The SMILES string of the molecule is Cc1ccc(-n2ncc3c2CC(C)(C)C[C@H]3NC(=O)NC(C)(C)C)cc1. The minimum absolute atomic E-state index is 0.0321. The summed E-state index contributed by atoms with van der Waals surface area (Å²) in [7, 11) is 0. The molecule has 5 heteroatoms. The highest BCUT2D eigenvalue weighted by Crippen LogP contribution is 2.41. The monoisotopic (exact) mass is 354 g/mol. The van der Waals surface area contributed by atoms with E-state index in [9.17, 15) is 4.79 Å². The topological polar surface area (TPSA) is 59.0 Å². The number of aryl methyl sites for hydroxylation is 1. The van der Waals surface area contributed by atoms with E-state index in [2.05, 4.69) is 60.8 Å². The van der Waals surface area contributed by atoms with Crippen molar-refractivity contribution in [1.29, 1.82) is 0 Å². The van der Waals surface area contributed by atoms with Crippen LogP contribution in [0.3, 0.4) is 0 Å². The van der Waals surface area contributed by atoms with Crippen LogP contribution in [0.4, 0.5) is 4.79 Å². The lowest BCUT2D eigenvalue weighted by Crippen LogP contribution is -2.48. The largest absolute Gasteiger partial charge is 0.334 e. The van der Waals surface area contributed by atoms with Crippen LogP contribution < -0.4 is 10.6 Å². The molecule has 1 aromatic heterocycles. The average Bonchev–Trinajstić information content (AvgIpc) is 2.88. The molecular weight excluding hydrogens is 324 g/mol. The quantitative estimate of drug-likeness (QED) is 0.845. The maximum Gasteiger partial charge on any atom is 0.315 e. The van der Waals surface area contributed by atoms with Gasteiger partial charge in [0.15, 0.2) is 0 Å². The number of aromatic nitrogens is 2. The highest BCUT2D eigenvalue weighted by molar-refractivity contribution is 5.75. The minimum atomic E-state index is -0.261. The Labute approximate surface area is 156 Å². The summed E-state index contributed by atoms with van der Waals surface area (Å²) in [6.07, 6.45) is 3.75. The zero-order valence-corrected chi connectivity index (χ0v) is 16.7. The Hall–Kier alpha value is -2.30. The van der Waals surface area contributed by atoms with Gasteiger partial charge in [0.2, 0.25) is 0 Å². The maximum absolute atomic E-state index is 12.4. The molecule has 0 bridgehead atoms. The van der Waals surface area contributed by atoms with Crippen LogP contribution in [0.5, 0.6) is 0 Å². The van der Waals surface area contributed by atoms with Crippen LogP contribution in [0.2, 0.25) is 0 Å². The van der Waals surface area contributed by atoms with Crippen molar-refractivity contribution in [2.75, 3.05) is 0 Å². The number of amides is 2. The fourth-order valence-corrected chi connectivity index (χ4v) is 3.61. The van der Waals surface area contributed by atoms with Gasteiger partial charge in [0.25, 0.3) is 0 Å². The molecule has 26 heavy (non-hydrogen) atoms. The molecule has 0 saturated carbocycles. The lowest BCUT2D eigenvalue weighted by Gasteiger charge is -2.36. The second-order valence-electron chi connectivity index (χ2n) is 9.24. The van der Waals surface area contributed by atoms with Gasteiger partial charge in [-0.05, 0) is 58.1 Å². The number of nitrogens with one attached hydrogen (secondary N) is 2. The van der Waals surface area contributed by atoms with Crippen molar-refractivity contribution in [1.82, 2.24) is 20.4 Å². The Balaban J connectivity index is 1.92. The minimum Gasteiger partial charge on any atom is -0.334 e. The van der Waals surface area contributed by atoms with Crippen molar-refractivity contribution in [3.63, 3.8) is 0 Å². The predicted molar refractivity (Wildman–Crippen MR) is 105 cm³/mol. The van der Waals surface area contributed by atoms with Gasteiger partial charge >= 0.3 is 6.03 Å². The van der Waals surface area contributed by atoms with E-state index in [0.29, 0.717) is 0 Å². The fraction of sp³-hybridized carbons (Fsp3) is 0.524. The van der Waals surface area contributed by atoms with Crippen molar-refractivity contribution in [3.8, 4) is 5.69 Å². The van der Waals surface area contributed by atoms with Crippen LogP contribution in [0.25, 0.3) is 5.69 Å². The summed E-state index contributed by atoms with van der Waals surface area (Å²) in [6, 6.07) is 8.23. The number of urea groups is 1. The molecule has 3 rings (SSSR count). The molecule has 0 unspecified atom stereocenters. The second kappa shape index (κ2) is 6.45. The molecule has 0 radical (unpaired) electrons. The van der Waals surface area contributed by atoms with Gasteiger partial charge in [-0.2, -0.15) is 5.10 Å². The molecule has 2 N–H and O–H groups in total. The number of benzene rings is 1. The molecule has 0 saturated heterocycles. The third kappa shape index (κ3) is 4.09. The van der Waals surface area contributed by atoms with Crippen molar-refractivity contribution in [2.24, 2.45) is 5.41 Å². The summed E-state index contributed by atoms with van der Waals surface area (Å²) in [4.78, 5) is 12.4. The molecule has 2 amide bonds. The summed E-state index contributed by atoms with van der Waals surface area (Å²) >= 11 is 0. The van der Waals surface area contributed by atoms with E-state index in [1.807, 2.05) is 31.6 Å². The summed E-state index contributed by atoms with van der Waals surface area (Å²) in [5.41, 5.74) is 4.43. The Morgan fingerprint density at radius 3 is 2.50 bits per heavy atom. The number of carbonyl (C=O) groups excluding carboxylic acids is 1. The number of hydrogen-bond acceptors (Lipinski definition) is 2. The number of carbonyl (C=O) groups is 1. The van der Waals surface area contributed by atoms with E-state index in [0.717, 1.165) is 24.1 Å². The van der Waals surface area contributed by atoms with Crippen LogP contribution in [0, 0.1) is 12.3 Å². The van der Waals surface area contributed by atoms with Gasteiger partial charge in [-0.3, -0.25) is 0 Å². The van der Waals surface area contributed by atoms with Gasteiger partial charge in [-0.1, -0.05) is 31.5 Å². The zero-order chi connectivity index (χ0) is 19.1. The third-order valence-corrected chi connectivity index (χ3v) is 4.75. The molecule has 1 aliphatic carbocycles. The predicted octanol–water partition coefficient (Wildman–Crippen LogP) is 4.29. The molecule has 5 nitrogen and oxygen atoms in total. The summed E-state index contributed by atoms with van der Waals surface area (Å²) < 4.78 is 2.02. The van der Waals surface area contributed by atoms with Gasteiger partial charge in [0.1, 0.15) is 0 Å². The van der Waals surface area contributed by atoms with E-state index in [-0.39, 0.29) is 23.0 Å². The van der Waals surface area contributed by atoms with Crippen LogP contribution in [-0.2, 0) is 6.42 Å². The molecule has 140 valence electrons. The summed E-state index contributed by atoms with van der Waals surface area (Å²) in [6.45, 7) is 12.5. The molecule has 1 atom stereocenters. The number of rotatable bonds is 2. The normalized spacial score (nSPS) is 18.9. The standard InChI is InChI=1S/C21H30N4O/c1-14-7-9-15(10-8-14)25-18-12-21(5,6)11-17(16(18)13-22-25)23-19(26)24-20(2,3)4/h7-10,13,17H,11-12H2,1-6H3,(H2,23,24,26)/t17-/m1/s1. The van der Waals surface area contributed by atoms with Gasteiger partial charge in [-0.25, -0.2) is 9.48 Å². The fourth-order valence-electron chi connectivity index (χ4n) is 3.61. The van der Waals surface area contributed by atoms with E-state index in [1.54, 1.807) is 0 Å². The Morgan fingerprint density at radius 2 is 1.88 bits per heavy atom. The Bertz CT molecular complexity index is 796. The molecule has 1 aliphatic rings. The smallest absolute Gasteiger partial charge is 0.315 e. The van der Waals surface area contributed by atoms with Crippen molar-refractivity contribution in [2.45, 2.75) is 66.0 Å². The van der Waals surface area contributed by atoms with Crippen LogP contribution in [-0.4, -0.2) is 21.4 Å². The van der Waals surface area contributed by atoms with E-state index < -0.39 is 0 Å². The van der Waals surface area contributed by atoms with E-state index in [4.69, 9.17) is 0 Å². The Morgan fingerprint density at radius 1 is 1.23 bits per heavy atom. The van der Waals surface area contributed by atoms with E-state index in [1.165, 1.54) is 11.3 Å². The number of nitrogens with zero attached hydrogens (tertiary/aromatic N) is 2. The van der Waals surface area contributed by atoms with Crippen molar-refractivity contribution >= 4 is 6.03 Å². The first-order valence-corrected chi connectivity index (χ1v) is 9.27. The first-order valence-electron chi connectivity index (χ1n) is 9.27. The lowest BCUT2D eigenvalue weighted by molar-refractivity contribution is 0.213. The molecule has 0 spiro atoms. The highest BCUT2D eigenvalue weighted by Gasteiger charge is 2.36. The molecule has 1 heterocycles. The van der Waals surface area contributed by atoms with Crippen LogP contribution in [0.1, 0.15) is 63.9 Å².